The van der Waals surface area contributed by atoms with Gasteiger partial charge in [0.2, 0.25) is 0 Å². The zero-order valence-electron chi connectivity index (χ0n) is 11.6. The molecule has 2 rings (SSSR count). The Morgan fingerprint density at radius 3 is 2.58 bits per heavy atom. The number of aromatic nitrogens is 1. The number of amides is 1. The molecule has 0 unspecified atom stereocenters. The van der Waals surface area contributed by atoms with E-state index in [1.807, 2.05) is 26.8 Å². The van der Waals surface area contributed by atoms with Crippen LogP contribution < -0.4 is 0 Å². The molecule has 1 aliphatic rings. The van der Waals surface area contributed by atoms with Crippen LogP contribution in [-0.2, 0) is 11.3 Å². The third-order valence-electron chi connectivity index (χ3n) is 3.94. The maximum absolute atomic E-state index is 12.4. The van der Waals surface area contributed by atoms with Gasteiger partial charge in [0.15, 0.2) is 0 Å². The van der Waals surface area contributed by atoms with Crippen molar-refractivity contribution in [2.75, 3.05) is 13.1 Å². The van der Waals surface area contributed by atoms with Gasteiger partial charge in [-0.15, -0.1) is 0 Å². The molecule has 1 atom stereocenters. The summed E-state index contributed by atoms with van der Waals surface area (Å²) in [7, 11) is 0. The number of aryl methyl sites for hydroxylation is 1. The van der Waals surface area contributed by atoms with Gasteiger partial charge in [-0.2, -0.15) is 0 Å². The lowest BCUT2D eigenvalue weighted by molar-refractivity contribution is -0.141. The van der Waals surface area contributed by atoms with Gasteiger partial charge in [0.1, 0.15) is 0 Å². The molecule has 5 heteroatoms. The molecule has 1 saturated heterocycles. The topological polar surface area (TPSA) is 62.5 Å². The molecule has 0 radical (unpaired) electrons. The van der Waals surface area contributed by atoms with Crippen molar-refractivity contribution in [2.24, 2.45) is 5.92 Å². The fraction of sp³-hybridized carbons (Fsp3) is 0.571. The van der Waals surface area contributed by atoms with E-state index in [0.29, 0.717) is 25.1 Å². The Morgan fingerprint density at radius 2 is 2.11 bits per heavy atom. The molecular formula is C14H20N2O3. The second-order valence-corrected chi connectivity index (χ2v) is 5.10. The summed E-state index contributed by atoms with van der Waals surface area (Å²) in [5.74, 6) is -1.27. The van der Waals surface area contributed by atoms with E-state index in [4.69, 9.17) is 5.11 Å². The highest BCUT2D eigenvalue weighted by Crippen LogP contribution is 2.22. The molecule has 1 fully saturated rings. The first-order chi connectivity index (χ1) is 8.95. The SMILES string of the molecule is CCn1c(C)cc(C(=O)N2CC[C@H](C(=O)O)C2)c1C. The van der Waals surface area contributed by atoms with Gasteiger partial charge < -0.3 is 14.6 Å². The molecule has 5 nitrogen and oxygen atoms in total. The van der Waals surface area contributed by atoms with E-state index >= 15 is 0 Å². The van der Waals surface area contributed by atoms with E-state index in [0.717, 1.165) is 17.9 Å². The molecule has 0 bridgehead atoms. The summed E-state index contributed by atoms with van der Waals surface area (Å²) in [6.45, 7) is 7.66. The van der Waals surface area contributed by atoms with Crippen LogP contribution in [0.1, 0.15) is 35.1 Å². The van der Waals surface area contributed by atoms with E-state index in [1.54, 1.807) is 4.90 Å². The highest BCUT2D eigenvalue weighted by atomic mass is 16.4. The molecular weight excluding hydrogens is 244 g/mol. The maximum Gasteiger partial charge on any atom is 0.308 e. The number of carboxylic acids is 1. The first-order valence-electron chi connectivity index (χ1n) is 6.64. The van der Waals surface area contributed by atoms with Crippen molar-refractivity contribution in [1.29, 1.82) is 0 Å². The van der Waals surface area contributed by atoms with Crippen molar-refractivity contribution in [3.8, 4) is 0 Å². The molecule has 1 aromatic heterocycles. The Hall–Kier alpha value is -1.78. The van der Waals surface area contributed by atoms with E-state index in [-0.39, 0.29) is 5.91 Å². The summed E-state index contributed by atoms with van der Waals surface area (Å²) in [6, 6.07) is 1.90. The van der Waals surface area contributed by atoms with Gasteiger partial charge in [0.05, 0.1) is 11.5 Å². The summed E-state index contributed by atoms with van der Waals surface area (Å²) < 4.78 is 2.10. The average molecular weight is 264 g/mol. The molecule has 0 aromatic carbocycles. The molecule has 0 spiro atoms. The van der Waals surface area contributed by atoms with E-state index in [9.17, 15) is 9.59 Å². The summed E-state index contributed by atoms with van der Waals surface area (Å²) in [6.07, 6.45) is 0.549. The lowest BCUT2D eigenvalue weighted by atomic mass is 10.1. The molecule has 0 saturated carbocycles. The minimum atomic E-state index is -0.811. The largest absolute Gasteiger partial charge is 0.481 e. The van der Waals surface area contributed by atoms with E-state index < -0.39 is 11.9 Å². The number of rotatable bonds is 3. The number of carbonyl (C=O) groups excluding carboxylic acids is 1. The standard InChI is InChI=1S/C14H20N2O3/c1-4-16-9(2)7-12(10(16)3)13(17)15-6-5-11(8-15)14(18)19/h7,11H,4-6,8H2,1-3H3,(H,18,19)/t11-/m0/s1. The van der Waals surface area contributed by atoms with Crippen LogP contribution in [0.2, 0.25) is 0 Å². The summed E-state index contributed by atoms with van der Waals surface area (Å²) in [5, 5.41) is 8.98. The highest BCUT2D eigenvalue weighted by Gasteiger charge is 2.32. The number of hydrogen-bond acceptors (Lipinski definition) is 2. The fourth-order valence-corrected chi connectivity index (χ4v) is 2.82. The third-order valence-corrected chi connectivity index (χ3v) is 3.94. The lowest BCUT2D eigenvalue weighted by Crippen LogP contribution is -2.30. The second-order valence-electron chi connectivity index (χ2n) is 5.10. The Morgan fingerprint density at radius 1 is 1.42 bits per heavy atom. The number of hydrogen-bond donors (Lipinski definition) is 1. The minimum absolute atomic E-state index is 0.0449. The second kappa shape index (κ2) is 5.07. The van der Waals surface area contributed by atoms with Crippen LogP contribution in [0.3, 0.4) is 0 Å². The van der Waals surface area contributed by atoms with E-state index in [1.165, 1.54) is 0 Å². The number of nitrogens with zero attached hydrogens (tertiary/aromatic N) is 2. The Bertz CT molecular complexity index is 519. The Kier molecular flexibility index (Phi) is 3.64. The van der Waals surface area contributed by atoms with Crippen LogP contribution >= 0.6 is 0 Å². The Labute approximate surface area is 112 Å². The normalized spacial score (nSPS) is 18.9. The van der Waals surface area contributed by atoms with Crippen LogP contribution in [0.25, 0.3) is 0 Å². The van der Waals surface area contributed by atoms with Gasteiger partial charge in [0, 0.05) is 31.0 Å². The Balaban J connectivity index is 2.19. The number of aliphatic carboxylic acids is 1. The molecule has 1 aromatic rings. The monoisotopic (exact) mass is 264 g/mol. The van der Waals surface area contributed by atoms with Crippen LogP contribution in [0.15, 0.2) is 6.07 Å². The number of carbonyl (C=O) groups is 2. The van der Waals surface area contributed by atoms with Crippen LogP contribution in [-0.4, -0.2) is 39.5 Å². The maximum atomic E-state index is 12.4. The van der Waals surface area contributed by atoms with Crippen molar-refractivity contribution < 1.29 is 14.7 Å². The van der Waals surface area contributed by atoms with Crippen molar-refractivity contribution >= 4 is 11.9 Å². The molecule has 104 valence electrons. The van der Waals surface area contributed by atoms with Gasteiger partial charge >= 0.3 is 5.97 Å². The lowest BCUT2D eigenvalue weighted by Gasteiger charge is -2.16. The first-order valence-corrected chi connectivity index (χ1v) is 6.64. The predicted molar refractivity (Wildman–Crippen MR) is 71.2 cm³/mol. The molecule has 2 heterocycles. The number of likely N-dealkylation sites (tertiary alicyclic amines) is 1. The highest BCUT2D eigenvalue weighted by molar-refractivity contribution is 5.96. The minimum Gasteiger partial charge on any atom is -0.481 e. The number of carboxylic acid groups (broad SMARTS) is 1. The quantitative estimate of drug-likeness (QED) is 0.903. The third kappa shape index (κ3) is 2.37. The molecule has 1 N–H and O–H groups in total. The molecule has 19 heavy (non-hydrogen) atoms. The molecule has 0 aliphatic carbocycles. The van der Waals surface area contributed by atoms with E-state index in [2.05, 4.69) is 4.57 Å². The molecule has 1 aliphatic heterocycles. The van der Waals surface area contributed by atoms with Crippen molar-refractivity contribution in [3.63, 3.8) is 0 Å². The van der Waals surface area contributed by atoms with Gasteiger partial charge in [-0.25, -0.2) is 0 Å². The summed E-state index contributed by atoms with van der Waals surface area (Å²) >= 11 is 0. The van der Waals surface area contributed by atoms with Crippen molar-refractivity contribution in [3.05, 3.63) is 23.0 Å². The van der Waals surface area contributed by atoms with Gasteiger partial charge in [-0.1, -0.05) is 0 Å². The van der Waals surface area contributed by atoms with Crippen LogP contribution in [0.4, 0.5) is 0 Å². The van der Waals surface area contributed by atoms with Crippen LogP contribution in [0, 0.1) is 19.8 Å². The van der Waals surface area contributed by atoms with Gasteiger partial charge in [-0.05, 0) is 33.3 Å². The van der Waals surface area contributed by atoms with Gasteiger partial charge in [0.25, 0.3) is 5.91 Å². The zero-order valence-corrected chi connectivity index (χ0v) is 11.6. The van der Waals surface area contributed by atoms with Gasteiger partial charge in [-0.3, -0.25) is 9.59 Å². The predicted octanol–water partition coefficient (Wildman–Crippen LogP) is 1.67. The average Bonchev–Trinajstić information content (AvgIpc) is 2.94. The van der Waals surface area contributed by atoms with Crippen molar-refractivity contribution in [1.82, 2.24) is 9.47 Å². The fourth-order valence-electron chi connectivity index (χ4n) is 2.82. The van der Waals surface area contributed by atoms with Crippen LogP contribution in [0.5, 0.6) is 0 Å². The zero-order chi connectivity index (χ0) is 14.2. The smallest absolute Gasteiger partial charge is 0.308 e. The summed E-state index contributed by atoms with van der Waals surface area (Å²) in [4.78, 5) is 25.0. The first kappa shape index (κ1) is 13.6. The van der Waals surface area contributed by atoms with Crippen molar-refractivity contribution in [2.45, 2.75) is 33.7 Å². The summed E-state index contributed by atoms with van der Waals surface area (Å²) in [5.41, 5.74) is 2.73. The molecule has 1 amide bonds.